The molecule has 0 aliphatic carbocycles. The van der Waals surface area contributed by atoms with Gasteiger partial charge in [0.2, 0.25) is 11.8 Å². The smallest absolute Gasteiger partial charge is 0.303 e. The molecule has 0 fully saturated rings. The molecule has 22 heavy (non-hydrogen) atoms. The number of aromatic nitrogens is 2. The lowest BCUT2D eigenvalue weighted by Gasteiger charge is -2.12. The maximum absolute atomic E-state index is 12.0. The van der Waals surface area contributed by atoms with Gasteiger partial charge in [0.15, 0.2) is 0 Å². The molecule has 2 aromatic rings. The molecule has 1 aromatic heterocycles. The molecule has 0 spiro atoms. The first-order valence-corrected chi connectivity index (χ1v) is 6.89. The fourth-order valence-corrected chi connectivity index (χ4v) is 1.90. The van der Waals surface area contributed by atoms with Crippen LogP contribution in [0.3, 0.4) is 0 Å². The van der Waals surface area contributed by atoms with Crippen LogP contribution in [0.5, 0.6) is 0 Å². The highest BCUT2D eigenvalue weighted by atomic mass is 16.4. The van der Waals surface area contributed by atoms with E-state index in [1.54, 1.807) is 38.1 Å². The second-order valence-electron chi connectivity index (χ2n) is 5.01. The molecule has 0 aliphatic heterocycles. The van der Waals surface area contributed by atoms with Crippen molar-refractivity contribution in [2.75, 3.05) is 0 Å². The number of carboxylic acid groups (broad SMARTS) is 1. The summed E-state index contributed by atoms with van der Waals surface area (Å²) in [7, 11) is 0. The molecule has 1 unspecified atom stereocenters. The van der Waals surface area contributed by atoms with Gasteiger partial charge in [0, 0.05) is 30.5 Å². The van der Waals surface area contributed by atoms with Crippen LogP contribution >= 0.6 is 0 Å². The summed E-state index contributed by atoms with van der Waals surface area (Å²) in [6.45, 7) is 3.48. The molecule has 0 bridgehead atoms. The monoisotopic (exact) mass is 303 g/mol. The van der Waals surface area contributed by atoms with Gasteiger partial charge in [0.1, 0.15) is 0 Å². The zero-order valence-corrected chi connectivity index (χ0v) is 12.4. The third kappa shape index (κ3) is 4.15. The first-order valence-electron chi connectivity index (χ1n) is 6.89. The van der Waals surface area contributed by atoms with Crippen molar-refractivity contribution >= 4 is 11.9 Å². The Morgan fingerprint density at radius 3 is 2.50 bits per heavy atom. The highest BCUT2D eigenvalue weighted by molar-refractivity contribution is 5.94. The molecule has 1 amide bonds. The summed E-state index contributed by atoms with van der Waals surface area (Å²) in [6.07, 6.45) is 0.414. The molecule has 7 heteroatoms. The average Bonchev–Trinajstić information content (AvgIpc) is 2.92. The summed E-state index contributed by atoms with van der Waals surface area (Å²) >= 11 is 0. The van der Waals surface area contributed by atoms with Gasteiger partial charge in [-0.15, -0.1) is 10.2 Å². The van der Waals surface area contributed by atoms with Crippen LogP contribution < -0.4 is 5.32 Å². The van der Waals surface area contributed by atoms with Crippen molar-refractivity contribution in [3.8, 4) is 11.5 Å². The van der Waals surface area contributed by atoms with Crippen LogP contribution in [0.2, 0.25) is 0 Å². The minimum atomic E-state index is -0.875. The third-order valence-corrected chi connectivity index (χ3v) is 3.09. The van der Waals surface area contributed by atoms with Crippen LogP contribution in [0.15, 0.2) is 28.7 Å². The zero-order chi connectivity index (χ0) is 16.1. The normalized spacial score (nSPS) is 11.9. The summed E-state index contributed by atoms with van der Waals surface area (Å²) < 4.78 is 5.31. The van der Waals surface area contributed by atoms with Crippen molar-refractivity contribution in [2.45, 2.75) is 32.7 Å². The second-order valence-corrected chi connectivity index (χ2v) is 5.01. The van der Waals surface area contributed by atoms with E-state index in [1.165, 1.54) is 0 Å². The number of aliphatic carboxylic acids is 1. The fourth-order valence-electron chi connectivity index (χ4n) is 1.90. The molecule has 1 heterocycles. The number of nitrogens with zero attached hydrogens (tertiary/aromatic N) is 2. The topological polar surface area (TPSA) is 105 Å². The van der Waals surface area contributed by atoms with Gasteiger partial charge in [0.05, 0.1) is 0 Å². The molecule has 2 N–H and O–H groups in total. The summed E-state index contributed by atoms with van der Waals surface area (Å²) in [6, 6.07) is 6.57. The predicted octanol–water partition coefficient (Wildman–Crippen LogP) is 2.03. The average molecular weight is 303 g/mol. The van der Waals surface area contributed by atoms with Crippen LogP contribution in [0.25, 0.3) is 11.5 Å². The Kier molecular flexibility index (Phi) is 4.88. The van der Waals surface area contributed by atoms with E-state index in [-0.39, 0.29) is 18.4 Å². The third-order valence-electron chi connectivity index (χ3n) is 3.09. The van der Waals surface area contributed by atoms with E-state index in [4.69, 9.17) is 9.52 Å². The summed E-state index contributed by atoms with van der Waals surface area (Å²) in [5.41, 5.74) is 1.22. The number of carboxylic acids is 1. The Hall–Kier alpha value is -2.70. The Labute approximate surface area is 127 Å². The summed E-state index contributed by atoms with van der Waals surface area (Å²) in [5, 5.41) is 19.0. The van der Waals surface area contributed by atoms with E-state index < -0.39 is 5.97 Å². The van der Waals surface area contributed by atoms with Crippen molar-refractivity contribution in [3.05, 3.63) is 35.7 Å². The largest absolute Gasteiger partial charge is 0.481 e. The number of hydrogen-bond donors (Lipinski definition) is 2. The molecule has 0 saturated heterocycles. The van der Waals surface area contributed by atoms with Crippen LogP contribution in [0.1, 0.15) is 36.0 Å². The molecule has 116 valence electrons. The molecule has 7 nitrogen and oxygen atoms in total. The van der Waals surface area contributed by atoms with Gasteiger partial charge in [-0.05, 0) is 37.6 Å². The molecule has 0 radical (unpaired) electrons. The standard InChI is InChI=1S/C15H17N3O4/c1-9(3-8-13(19)20)16-14(21)11-4-6-12(7-5-11)15-18-17-10(2)22-15/h4-7,9H,3,8H2,1-2H3,(H,16,21)(H,19,20). The van der Waals surface area contributed by atoms with Crippen molar-refractivity contribution in [1.82, 2.24) is 15.5 Å². The van der Waals surface area contributed by atoms with E-state index in [0.29, 0.717) is 23.8 Å². The predicted molar refractivity (Wildman–Crippen MR) is 78.3 cm³/mol. The van der Waals surface area contributed by atoms with Crippen molar-refractivity contribution in [3.63, 3.8) is 0 Å². The first kappa shape index (κ1) is 15.7. The number of nitrogens with one attached hydrogen (secondary N) is 1. The number of carbonyl (C=O) groups excluding carboxylic acids is 1. The number of benzene rings is 1. The Morgan fingerprint density at radius 1 is 1.27 bits per heavy atom. The van der Waals surface area contributed by atoms with Gasteiger partial charge in [-0.1, -0.05) is 0 Å². The molecule has 2 rings (SSSR count). The van der Waals surface area contributed by atoms with Crippen LogP contribution in [-0.4, -0.2) is 33.2 Å². The molecule has 1 atom stereocenters. The first-order chi connectivity index (χ1) is 10.5. The molecular weight excluding hydrogens is 286 g/mol. The Balaban J connectivity index is 1.97. The van der Waals surface area contributed by atoms with Crippen molar-refractivity contribution < 1.29 is 19.1 Å². The minimum Gasteiger partial charge on any atom is -0.481 e. The fraction of sp³-hybridized carbons (Fsp3) is 0.333. The lowest BCUT2D eigenvalue weighted by atomic mass is 10.1. The van der Waals surface area contributed by atoms with Gasteiger partial charge in [-0.25, -0.2) is 0 Å². The van der Waals surface area contributed by atoms with Gasteiger partial charge in [0.25, 0.3) is 5.91 Å². The van der Waals surface area contributed by atoms with Crippen LogP contribution in [-0.2, 0) is 4.79 Å². The van der Waals surface area contributed by atoms with Crippen molar-refractivity contribution in [2.24, 2.45) is 0 Å². The quantitative estimate of drug-likeness (QED) is 0.846. The molecule has 1 aromatic carbocycles. The molecule has 0 saturated carbocycles. The van der Waals surface area contributed by atoms with Gasteiger partial charge in [-0.2, -0.15) is 0 Å². The van der Waals surface area contributed by atoms with E-state index in [2.05, 4.69) is 15.5 Å². The lowest BCUT2D eigenvalue weighted by Crippen LogP contribution is -2.32. The summed E-state index contributed by atoms with van der Waals surface area (Å²) in [4.78, 5) is 22.5. The Bertz CT molecular complexity index is 664. The van der Waals surface area contributed by atoms with Crippen LogP contribution in [0.4, 0.5) is 0 Å². The molecule has 0 aliphatic rings. The van der Waals surface area contributed by atoms with Crippen LogP contribution in [0, 0.1) is 6.92 Å². The SMILES string of the molecule is Cc1nnc(-c2ccc(C(=O)NC(C)CCC(=O)O)cc2)o1. The molecular formula is C15H17N3O4. The highest BCUT2D eigenvalue weighted by Gasteiger charge is 2.12. The summed E-state index contributed by atoms with van der Waals surface area (Å²) in [5.74, 6) is -0.241. The van der Waals surface area contributed by atoms with Crippen molar-refractivity contribution in [1.29, 1.82) is 0 Å². The number of hydrogen-bond acceptors (Lipinski definition) is 5. The van der Waals surface area contributed by atoms with Gasteiger partial charge < -0.3 is 14.8 Å². The maximum atomic E-state index is 12.0. The highest BCUT2D eigenvalue weighted by Crippen LogP contribution is 2.18. The number of carbonyl (C=O) groups is 2. The maximum Gasteiger partial charge on any atom is 0.303 e. The van der Waals surface area contributed by atoms with E-state index in [9.17, 15) is 9.59 Å². The number of aryl methyl sites for hydroxylation is 1. The van der Waals surface area contributed by atoms with Gasteiger partial charge >= 0.3 is 5.97 Å². The Morgan fingerprint density at radius 2 is 1.95 bits per heavy atom. The lowest BCUT2D eigenvalue weighted by molar-refractivity contribution is -0.137. The second kappa shape index (κ2) is 6.84. The zero-order valence-electron chi connectivity index (χ0n) is 12.4. The van der Waals surface area contributed by atoms with E-state index >= 15 is 0 Å². The number of rotatable bonds is 6. The number of amides is 1. The van der Waals surface area contributed by atoms with E-state index in [0.717, 1.165) is 5.56 Å². The van der Waals surface area contributed by atoms with E-state index in [1.807, 2.05) is 0 Å². The van der Waals surface area contributed by atoms with Gasteiger partial charge in [-0.3, -0.25) is 9.59 Å². The minimum absolute atomic E-state index is 0.0247.